The first-order chi connectivity index (χ1) is 8.79. The van der Waals surface area contributed by atoms with E-state index in [0.717, 1.165) is 4.88 Å². The number of carbonyl (C=O) groups is 1. The standard InChI is InChI=1S/C10H7N5O2S/c1-17-10(16)9-5-3-11-14-6(5)2-7(13-9)8-4-12-15-18-8/h2-4H,1H3,(H,11,14). The highest BCUT2D eigenvalue weighted by Gasteiger charge is 2.16. The van der Waals surface area contributed by atoms with Crippen molar-refractivity contribution in [3.8, 4) is 10.6 Å². The minimum atomic E-state index is -0.499. The zero-order valence-electron chi connectivity index (χ0n) is 9.25. The van der Waals surface area contributed by atoms with Gasteiger partial charge in [0.15, 0.2) is 5.69 Å². The van der Waals surface area contributed by atoms with E-state index < -0.39 is 5.97 Å². The van der Waals surface area contributed by atoms with Crippen LogP contribution in [0.5, 0.6) is 0 Å². The number of pyridine rings is 1. The van der Waals surface area contributed by atoms with E-state index in [1.54, 1.807) is 18.5 Å². The van der Waals surface area contributed by atoms with E-state index in [-0.39, 0.29) is 5.69 Å². The summed E-state index contributed by atoms with van der Waals surface area (Å²) in [5.41, 5.74) is 1.56. The highest BCUT2D eigenvalue weighted by atomic mass is 32.1. The van der Waals surface area contributed by atoms with Crippen LogP contribution in [0.4, 0.5) is 0 Å². The Morgan fingerprint density at radius 1 is 1.44 bits per heavy atom. The van der Waals surface area contributed by atoms with E-state index in [9.17, 15) is 4.79 Å². The fourth-order valence-electron chi connectivity index (χ4n) is 1.60. The van der Waals surface area contributed by atoms with E-state index in [2.05, 4.69) is 24.8 Å². The first-order valence-corrected chi connectivity index (χ1v) is 5.77. The average molecular weight is 261 g/mol. The summed E-state index contributed by atoms with van der Waals surface area (Å²) in [5.74, 6) is -0.499. The predicted molar refractivity (Wildman–Crippen MR) is 64.1 cm³/mol. The van der Waals surface area contributed by atoms with Gasteiger partial charge < -0.3 is 4.74 Å². The van der Waals surface area contributed by atoms with Gasteiger partial charge in [-0.25, -0.2) is 9.78 Å². The van der Waals surface area contributed by atoms with Crippen LogP contribution >= 0.6 is 11.5 Å². The van der Waals surface area contributed by atoms with E-state index >= 15 is 0 Å². The molecule has 0 amide bonds. The molecular formula is C10H7N5O2S. The maximum atomic E-state index is 11.7. The quantitative estimate of drug-likeness (QED) is 0.698. The van der Waals surface area contributed by atoms with E-state index in [4.69, 9.17) is 4.74 Å². The van der Waals surface area contributed by atoms with Crippen LogP contribution in [0.1, 0.15) is 10.5 Å². The third kappa shape index (κ3) is 1.63. The van der Waals surface area contributed by atoms with Crippen LogP contribution in [-0.2, 0) is 4.74 Å². The molecule has 0 aromatic carbocycles. The Bertz CT molecular complexity index is 706. The molecule has 0 fully saturated rings. The summed E-state index contributed by atoms with van der Waals surface area (Å²) >= 11 is 1.21. The van der Waals surface area contributed by atoms with Gasteiger partial charge in [0.2, 0.25) is 0 Å². The zero-order chi connectivity index (χ0) is 12.5. The van der Waals surface area contributed by atoms with Crippen molar-refractivity contribution in [1.82, 2.24) is 24.8 Å². The molecule has 18 heavy (non-hydrogen) atoms. The van der Waals surface area contributed by atoms with Gasteiger partial charge in [-0.2, -0.15) is 5.10 Å². The zero-order valence-corrected chi connectivity index (χ0v) is 10.1. The Kier molecular flexibility index (Phi) is 2.49. The Hall–Kier alpha value is -2.35. The monoisotopic (exact) mass is 261 g/mol. The van der Waals surface area contributed by atoms with Crippen molar-refractivity contribution in [2.75, 3.05) is 7.11 Å². The number of rotatable bonds is 2. The molecule has 0 bridgehead atoms. The van der Waals surface area contributed by atoms with Crippen LogP contribution in [0.25, 0.3) is 21.5 Å². The maximum absolute atomic E-state index is 11.7. The molecule has 3 aromatic heterocycles. The van der Waals surface area contributed by atoms with Crippen LogP contribution in [0.15, 0.2) is 18.5 Å². The molecule has 0 saturated heterocycles. The lowest BCUT2D eigenvalue weighted by molar-refractivity contribution is 0.0596. The largest absolute Gasteiger partial charge is 0.464 e. The van der Waals surface area contributed by atoms with Crippen molar-refractivity contribution >= 4 is 28.4 Å². The Morgan fingerprint density at radius 3 is 3.06 bits per heavy atom. The Morgan fingerprint density at radius 2 is 2.33 bits per heavy atom. The first-order valence-electron chi connectivity index (χ1n) is 5.00. The SMILES string of the molecule is COC(=O)c1nc(-c2cnns2)cc2[nH]ncc12. The summed E-state index contributed by atoms with van der Waals surface area (Å²) in [6.07, 6.45) is 3.14. The molecule has 90 valence electrons. The molecule has 0 saturated carbocycles. The third-order valence-electron chi connectivity index (χ3n) is 2.43. The highest BCUT2D eigenvalue weighted by Crippen LogP contribution is 2.25. The van der Waals surface area contributed by atoms with Crippen LogP contribution in [0, 0.1) is 0 Å². The first kappa shape index (κ1) is 10.8. The number of aromatic amines is 1. The molecule has 7 nitrogen and oxygen atoms in total. The number of nitrogens with one attached hydrogen (secondary N) is 1. The lowest BCUT2D eigenvalue weighted by Gasteiger charge is -2.02. The number of hydrogen-bond donors (Lipinski definition) is 1. The normalized spacial score (nSPS) is 10.7. The molecular weight excluding hydrogens is 254 g/mol. The number of esters is 1. The number of carbonyl (C=O) groups excluding carboxylic acids is 1. The number of H-pyrrole nitrogens is 1. The van der Waals surface area contributed by atoms with Crippen LogP contribution in [-0.4, -0.2) is 37.8 Å². The molecule has 0 aliphatic rings. The Labute approximate surface area is 105 Å². The minimum absolute atomic E-state index is 0.229. The van der Waals surface area contributed by atoms with Gasteiger partial charge in [-0.05, 0) is 17.6 Å². The molecule has 0 aliphatic carbocycles. The predicted octanol–water partition coefficient (Wildman–Crippen LogP) is 1.26. The number of fused-ring (bicyclic) bond motifs is 1. The van der Waals surface area contributed by atoms with Crippen LogP contribution in [0.3, 0.4) is 0 Å². The number of aromatic nitrogens is 5. The number of methoxy groups -OCH3 is 1. The van der Waals surface area contributed by atoms with Crippen molar-refractivity contribution in [2.45, 2.75) is 0 Å². The average Bonchev–Trinajstić information content (AvgIpc) is 3.06. The second kappa shape index (κ2) is 4.15. The number of hydrogen-bond acceptors (Lipinski definition) is 7. The summed E-state index contributed by atoms with van der Waals surface area (Å²) in [6.45, 7) is 0. The van der Waals surface area contributed by atoms with Gasteiger partial charge in [0.1, 0.15) is 0 Å². The van der Waals surface area contributed by atoms with Gasteiger partial charge in [0.05, 0.1) is 41.0 Å². The molecule has 8 heteroatoms. The number of nitrogens with zero attached hydrogens (tertiary/aromatic N) is 4. The van der Waals surface area contributed by atoms with Crippen LogP contribution < -0.4 is 0 Å². The molecule has 1 N–H and O–H groups in total. The summed E-state index contributed by atoms with van der Waals surface area (Å²) in [4.78, 5) is 16.7. The second-order valence-electron chi connectivity index (χ2n) is 3.46. The molecule has 0 atom stereocenters. The van der Waals surface area contributed by atoms with Gasteiger partial charge in [0.25, 0.3) is 0 Å². The topological polar surface area (TPSA) is 93.6 Å². The van der Waals surface area contributed by atoms with E-state index in [0.29, 0.717) is 16.6 Å². The third-order valence-corrected chi connectivity index (χ3v) is 3.12. The number of ether oxygens (including phenoxy) is 1. The van der Waals surface area contributed by atoms with Crippen molar-refractivity contribution in [2.24, 2.45) is 0 Å². The molecule has 3 aromatic rings. The smallest absolute Gasteiger partial charge is 0.357 e. The lowest BCUT2D eigenvalue weighted by Crippen LogP contribution is -2.05. The molecule has 0 spiro atoms. The van der Waals surface area contributed by atoms with Crippen molar-refractivity contribution in [3.05, 3.63) is 24.2 Å². The van der Waals surface area contributed by atoms with Gasteiger partial charge in [-0.1, -0.05) is 4.49 Å². The minimum Gasteiger partial charge on any atom is -0.464 e. The van der Waals surface area contributed by atoms with Gasteiger partial charge >= 0.3 is 5.97 Å². The molecule has 0 radical (unpaired) electrons. The van der Waals surface area contributed by atoms with Gasteiger partial charge in [-0.15, -0.1) is 5.10 Å². The van der Waals surface area contributed by atoms with Crippen molar-refractivity contribution in [3.63, 3.8) is 0 Å². The Balaban J connectivity index is 2.26. The fourth-order valence-corrected chi connectivity index (χ4v) is 2.08. The molecule has 0 unspecified atom stereocenters. The molecule has 3 rings (SSSR count). The van der Waals surface area contributed by atoms with Crippen LogP contribution in [0.2, 0.25) is 0 Å². The van der Waals surface area contributed by atoms with Gasteiger partial charge in [-0.3, -0.25) is 5.10 Å². The molecule has 0 aliphatic heterocycles. The van der Waals surface area contributed by atoms with Gasteiger partial charge in [0, 0.05) is 0 Å². The highest BCUT2D eigenvalue weighted by molar-refractivity contribution is 7.09. The van der Waals surface area contributed by atoms with E-state index in [1.165, 1.54) is 18.6 Å². The summed E-state index contributed by atoms with van der Waals surface area (Å²) < 4.78 is 8.49. The summed E-state index contributed by atoms with van der Waals surface area (Å²) in [5, 5.41) is 11.1. The lowest BCUT2D eigenvalue weighted by atomic mass is 10.2. The van der Waals surface area contributed by atoms with E-state index in [1.807, 2.05) is 0 Å². The summed E-state index contributed by atoms with van der Waals surface area (Å²) in [7, 11) is 1.32. The fraction of sp³-hybridized carbons (Fsp3) is 0.100. The second-order valence-corrected chi connectivity index (χ2v) is 4.25. The van der Waals surface area contributed by atoms with Crippen molar-refractivity contribution < 1.29 is 9.53 Å². The van der Waals surface area contributed by atoms with Crippen molar-refractivity contribution in [1.29, 1.82) is 0 Å². The maximum Gasteiger partial charge on any atom is 0.357 e. The molecule has 3 heterocycles. The summed E-state index contributed by atoms with van der Waals surface area (Å²) in [6, 6.07) is 1.80.